The lowest BCUT2D eigenvalue weighted by Gasteiger charge is -2.29. The largest absolute Gasteiger partial charge is 0.507 e. The summed E-state index contributed by atoms with van der Waals surface area (Å²) in [4.78, 5) is 12.3. The maximum atomic E-state index is 12.3. The van der Waals surface area contributed by atoms with E-state index < -0.39 is 0 Å². The first-order chi connectivity index (χ1) is 9.76. The average Bonchev–Trinajstić information content (AvgIpc) is 2.34. The summed E-state index contributed by atoms with van der Waals surface area (Å²) in [6.45, 7) is 19.8. The zero-order chi connectivity index (χ0) is 17.5. The quantitative estimate of drug-likeness (QED) is 0.776. The Morgan fingerprint density at radius 1 is 1.05 bits per heavy atom. The molecule has 1 N–H and O–H groups in total. The third-order valence-electron chi connectivity index (χ3n) is 4.06. The molecule has 1 aromatic rings. The van der Waals surface area contributed by atoms with E-state index in [1.165, 1.54) is 0 Å². The van der Waals surface area contributed by atoms with E-state index in [1.807, 2.05) is 19.1 Å². The van der Waals surface area contributed by atoms with Crippen molar-refractivity contribution in [3.8, 4) is 5.75 Å². The molecule has 0 aliphatic carbocycles. The molecule has 22 heavy (non-hydrogen) atoms. The third kappa shape index (κ3) is 3.79. The molecular formula is C20H30O2. The van der Waals surface area contributed by atoms with E-state index >= 15 is 0 Å². The molecule has 122 valence electrons. The molecule has 0 radical (unpaired) electrons. The Morgan fingerprint density at radius 2 is 1.41 bits per heavy atom. The van der Waals surface area contributed by atoms with Gasteiger partial charge in [-0.15, -0.1) is 0 Å². The number of rotatable bonds is 3. The van der Waals surface area contributed by atoms with Crippen LogP contribution in [0.4, 0.5) is 0 Å². The first kappa shape index (κ1) is 18.5. The summed E-state index contributed by atoms with van der Waals surface area (Å²) >= 11 is 0. The summed E-state index contributed by atoms with van der Waals surface area (Å²) in [5, 5.41) is 10.7. The molecule has 0 fully saturated rings. The van der Waals surface area contributed by atoms with Crippen LogP contribution in [0.5, 0.6) is 5.75 Å². The first-order valence-corrected chi connectivity index (χ1v) is 7.84. The Morgan fingerprint density at radius 3 is 1.68 bits per heavy atom. The molecule has 1 aromatic carbocycles. The highest BCUT2D eigenvalue weighted by Gasteiger charge is 2.28. The van der Waals surface area contributed by atoms with Gasteiger partial charge in [0, 0.05) is 5.92 Å². The summed E-state index contributed by atoms with van der Waals surface area (Å²) < 4.78 is 0. The van der Waals surface area contributed by atoms with Gasteiger partial charge in [-0.2, -0.15) is 0 Å². The molecule has 0 aliphatic rings. The van der Waals surface area contributed by atoms with Crippen LogP contribution in [0.3, 0.4) is 0 Å². The minimum atomic E-state index is -0.250. The molecule has 2 nitrogen and oxygen atoms in total. The molecule has 1 rings (SSSR count). The van der Waals surface area contributed by atoms with Crippen LogP contribution >= 0.6 is 0 Å². The van der Waals surface area contributed by atoms with Crippen molar-refractivity contribution in [1.82, 2.24) is 0 Å². The summed E-state index contributed by atoms with van der Waals surface area (Å²) in [6, 6.07) is 3.94. The third-order valence-corrected chi connectivity index (χ3v) is 4.06. The number of allylic oxidation sites excluding steroid dienone is 1. The van der Waals surface area contributed by atoms with Gasteiger partial charge in [0.1, 0.15) is 5.75 Å². The van der Waals surface area contributed by atoms with Crippen molar-refractivity contribution < 1.29 is 9.90 Å². The number of benzene rings is 1. The monoisotopic (exact) mass is 302 g/mol. The van der Waals surface area contributed by atoms with Crippen molar-refractivity contribution in [2.45, 2.75) is 72.1 Å². The fraction of sp³-hybridized carbons (Fsp3) is 0.550. The Labute approximate surface area is 135 Å². The van der Waals surface area contributed by atoms with Crippen LogP contribution in [0.1, 0.15) is 78.0 Å². The predicted molar refractivity (Wildman–Crippen MR) is 93.7 cm³/mol. The van der Waals surface area contributed by atoms with Crippen molar-refractivity contribution >= 4 is 5.78 Å². The zero-order valence-electron chi connectivity index (χ0n) is 15.3. The predicted octanol–water partition coefficient (Wildman–Crippen LogP) is 5.24. The number of Topliss-reactive ketones (excluding diaryl/α,β-unsaturated/α-hetero) is 1. The van der Waals surface area contributed by atoms with E-state index in [4.69, 9.17) is 0 Å². The fourth-order valence-corrected chi connectivity index (χ4v) is 2.57. The van der Waals surface area contributed by atoms with Crippen LogP contribution in [-0.2, 0) is 15.6 Å². The lowest BCUT2D eigenvalue weighted by Crippen LogP contribution is -2.19. The molecule has 0 spiro atoms. The second-order valence-electron chi connectivity index (χ2n) is 8.33. The number of carbonyl (C=O) groups excluding carboxylic acids is 1. The number of hydrogen-bond acceptors (Lipinski definition) is 2. The maximum Gasteiger partial charge on any atom is 0.165 e. The molecule has 0 amide bonds. The van der Waals surface area contributed by atoms with Crippen LogP contribution in [0.15, 0.2) is 24.3 Å². The van der Waals surface area contributed by atoms with Gasteiger partial charge < -0.3 is 5.11 Å². The van der Waals surface area contributed by atoms with Crippen LogP contribution in [0.2, 0.25) is 0 Å². The highest BCUT2D eigenvalue weighted by molar-refractivity contribution is 5.99. The molecule has 0 saturated heterocycles. The number of carbonyl (C=O) groups is 1. The van der Waals surface area contributed by atoms with Gasteiger partial charge in [-0.3, -0.25) is 4.79 Å². The Kier molecular flexibility index (Phi) is 4.96. The van der Waals surface area contributed by atoms with Crippen molar-refractivity contribution in [3.05, 3.63) is 41.0 Å². The van der Waals surface area contributed by atoms with Gasteiger partial charge in [-0.05, 0) is 40.0 Å². The second kappa shape index (κ2) is 5.91. The highest BCUT2D eigenvalue weighted by atomic mass is 16.3. The van der Waals surface area contributed by atoms with Gasteiger partial charge in [0.2, 0.25) is 0 Å². The minimum Gasteiger partial charge on any atom is -0.507 e. The Hall–Kier alpha value is -1.57. The number of phenolic OH excluding ortho intramolecular Hbond substituents is 1. The van der Waals surface area contributed by atoms with Crippen molar-refractivity contribution in [2.24, 2.45) is 0 Å². The van der Waals surface area contributed by atoms with Crippen LogP contribution in [0, 0.1) is 0 Å². The number of aromatic hydroxyl groups is 1. The molecule has 0 bridgehead atoms. The van der Waals surface area contributed by atoms with Gasteiger partial charge in [0.25, 0.3) is 0 Å². The number of hydrogen-bond donors (Lipinski definition) is 1. The van der Waals surface area contributed by atoms with E-state index in [-0.39, 0.29) is 22.5 Å². The van der Waals surface area contributed by atoms with Gasteiger partial charge in [0.15, 0.2) is 5.78 Å². The van der Waals surface area contributed by atoms with Crippen LogP contribution < -0.4 is 0 Å². The lowest BCUT2D eigenvalue weighted by molar-refractivity contribution is -0.116. The first-order valence-electron chi connectivity index (χ1n) is 7.84. The SMILES string of the molecule is C=C(C)C(=O)C(C)c1cc(C(C)(C)C)c(O)c(C(C)(C)C)c1. The summed E-state index contributed by atoms with van der Waals surface area (Å²) in [5.74, 6) is 0.143. The highest BCUT2D eigenvalue weighted by Crippen LogP contribution is 2.41. The Balaban J connectivity index is 3.61. The van der Waals surface area contributed by atoms with Crippen molar-refractivity contribution in [2.75, 3.05) is 0 Å². The van der Waals surface area contributed by atoms with Gasteiger partial charge in [-0.25, -0.2) is 0 Å². The number of ketones is 1. The molecule has 2 heteroatoms. The van der Waals surface area contributed by atoms with E-state index in [0.29, 0.717) is 11.3 Å². The molecule has 0 aliphatic heterocycles. The van der Waals surface area contributed by atoms with E-state index in [0.717, 1.165) is 16.7 Å². The summed E-state index contributed by atoms with van der Waals surface area (Å²) in [7, 11) is 0. The van der Waals surface area contributed by atoms with Crippen LogP contribution in [0.25, 0.3) is 0 Å². The van der Waals surface area contributed by atoms with E-state index in [9.17, 15) is 9.90 Å². The number of phenols is 1. The van der Waals surface area contributed by atoms with Gasteiger partial charge in [0.05, 0.1) is 0 Å². The topological polar surface area (TPSA) is 37.3 Å². The van der Waals surface area contributed by atoms with Crippen molar-refractivity contribution in [3.63, 3.8) is 0 Å². The second-order valence-corrected chi connectivity index (χ2v) is 8.33. The average molecular weight is 302 g/mol. The Bertz CT molecular complexity index is 560. The van der Waals surface area contributed by atoms with E-state index in [2.05, 4.69) is 48.1 Å². The molecule has 0 saturated carbocycles. The lowest BCUT2D eigenvalue weighted by atomic mass is 9.76. The smallest absolute Gasteiger partial charge is 0.165 e. The zero-order valence-corrected chi connectivity index (χ0v) is 15.3. The van der Waals surface area contributed by atoms with E-state index in [1.54, 1.807) is 6.92 Å². The maximum absolute atomic E-state index is 12.3. The standard InChI is InChI=1S/C20H30O2/c1-12(2)17(21)13(3)14-10-15(19(4,5)6)18(22)16(11-14)20(7,8)9/h10-11,13,22H,1H2,2-9H3. The summed E-state index contributed by atoms with van der Waals surface area (Å²) in [5.41, 5.74) is 2.90. The molecule has 0 aromatic heterocycles. The summed E-state index contributed by atoms with van der Waals surface area (Å²) in [6.07, 6.45) is 0. The molecule has 1 unspecified atom stereocenters. The van der Waals surface area contributed by atoms with Gasteiger partial charge >= 0.3 is 0 Å². The molecule has 1 atom stereocenters. The minimum absolute atomic E-state index is 0.0467. The molecule has 0 heterocycles. The fourth-order valence-electron chi connectivity index (χ4n) is 2.57. The van der Waals surface area contributed by atoms with Crippen molar-refractivity contribution in [1.29, 1.82) is 0 Å². The van der Waals surface area contributed by atoms with Crippen LogP contribution in [-0.4, -0.2) is 10.9 Å². The van der Waals surface area contributed by atoms with Gasteiger partial charge in [-0.1, -0.05) is 67.2 Å². The normalized spacial score (nSPS) is 13.8. The molecular weight excluding hydrogens is 272 g/mol.